The monoisotopic (exact) mass is 284 g/mol. The van der Waals surface area contributed by atoms with Crippen LogP contribution in [0.25, 0.3) is 0 Å². The largest absolute Gasteiger partial charge is 0.352 e. The van der Waals surface area contributed by atoms with Crippen LogP contribution in [0, 0.1) is 0 Å². The van der Waals surface area contributed by atoms with Gasteiger partial charge in [0.25, 0.3) is 0 Å². The molecule has 3 nitrogen and oxygen atoms in total. The van der Waals surface area contributed by atoms with E-state index in [2.05, 4.69) is 48.0 Å². The molecule has 0 aliphatic rings. The van der Waals surface area contributed by atoms with E-state index in [1.165, 1.54) is 11.1 Å². The standard InChI is InChI=1S/C18H24N2O/c1-3-11-19-18(14-20-12-9-17(21)10-13-20)16-7-5-15(4-2)6-8-16/h5-10,12-13,18-19H,3-4,11,14H2,1-2H3. The summed E-state index contributed by atoms with van der Waals surface area (Å²) in [4.78, 5) is 11.2. The van der Waals surface area contributed by atoms with Gasteiger partial charge in [-0.3, -0.25) is 4.79 Å². The maximum Gasteiger partial charge on any atom is 0.181 e. The van der Waals surface area contributed by atoms with Crippen LogP contribution in [0.4, 0.5) is 0 Å². The first kappa shape index (κ1) is 15.5. The molecule has 2 aromatic rings. The Morgan fingerprint density at radius 2 is 1.71 bits per heavy atom. The van der Waals surface area contributed by atoms with Gasteiger partial charge < -0.3 is 9.88 Å². The van der Waals surface area contributed by atoms with E-state index in [-0.39, 0.29) is 11.5 Å². The van der Waals surface area contributed by atoms with Crippen molar-refractivity contribution in [3.05, 3.63) is 70.1 Å². The van der Waals surface area contributed by atoms with Crippen LogP contribution in [-0.4, -0.2) is 11.1 Å². The van der Waals surface area contributed by atoms with Crippen molar-refractivity contribution in [2.75, 3.05) is 6.54 Å². The Balaban J connectivity index is 2.16. The van der Waals surface area contributed by atoms with Gasteiger partial charge in [-0.05, 0) is 30.5 Å². The van der Waals surface area contributed by atoms with Crippen LogP contribution in [-0.2, 0) is 13.0 Å². The molecule has 0 aliphatic heterocycles. The molecule has 0 aliphatic carbocycles. The maximum atomic E-state index is 11.2. The number of aryl methyl sites for hydroxylation is 1. The Morgan fingerprint density at radius 1 is 1.05 bits per heavy atom. The van der Waals surface area contributed by atoms with E-state index in [0.29, 0.717) is 0 Å². The first-order chi connectivity index (χ1) is 10.2. The highest BCUT2D eigenvalue weighted by atomic mass is 16.1. The zero-order valence-corrected chi connectivity index (χ0v) is 12.9. The third kappa shape index (κ3) is 4.57. The number of hydrogen-bond donors (Lipinski definition) is 1. The van der Waals surface area contributed by atoms with Crippen molar-refractivity contribution in [1.29, 1.82) is 0 Å². The highest BCUT2D eigenvalue weighted by molar-refractivity contribution is 5.25. The summed E-state index contributed by atoms with van der Waals surface area (Å²) < 4.78 is 2.06. The van der Waals surface area contributed by atoms with E-state index in [9.17, 15) is 4.79 Å². The number of nitrogens with one attached hydrogen (secondary N) is 1. The van der Waals surface area contributed by atoms with E-state index in [1.807, 2.05) is 12.4 Å². The van der Waals surface area contributed by atoms with Gasteiger partial charge in [0, 0.05) is 31.1 Å². The number of aromatic nitrogens is 1. The lowest BCUT2D eigenvalue weighted by atomic mass is 10.0. The topological polar surface area (TPSA) is 34.0 Å². The second-order valence-corrected chi connectivity index (χ2v) is 5.33. The molecule has 21 heavy (non-hydrogen) atoms. The molecule has 1 aromatic heterocycles. The van der Waals surface area contributed by atoms with Crippen LogP contribution in [0.2, 0.25) is 0 Å². The van der Waals surface area contributed by atoms with E-state index in [1.54, 1.807) is 12.1 Å². The highest BCUT2D eigenvalue weighted by Gasteiger charge is 2.10. The van der Waals surface area contributed by atoms with Gasteiger partial charge in [-0.25, -0.2) is 0 Å². The molecule has 1 heterocycles. The molecular formula is C18H24N2O. The fraction of sp³-hybridized carbons (Fsp3) is 0.389. The first-order valence-electron chi connectivity index (χ1n) is 7.71. The second-order valence-electron chi connectivity index (χ2n) is 5.33. The maximum absolute atomic E-state index is 11.2. The lowest BCUT2D eigenvalue weighted by Gasteiger charge is -2.21. The Morgan fingerprint density at radius 3 is 2.29 bits per heavy atom. The molecule has 0 radical (unpaired) electrons. The zero-order valence-electron chi connectivity index (χ0n) is 12.9. The van der Waals surface area contributed by atoms with Crippen molar-refractivity contribution in [2.45, 2.75) is 39.3 Å². The minimum Gasteiger partial charge on any atom is -0.352 e. The Labute approximate surface area is 126 Å². The molecule has 1 unspecified atom stereocenters. The summed E-state index contributed by atoms with van der Waals surface area (Å²) in [7, 11) is 0. The third-order valence-electron chi connectivity index (χ3n) is 3.69. The molecule has 1 atom stereocenters. The van der Waals surface area contributed by atoms with Crippen LogP contribution < -0.4 is 10.7 Å². The van der Waals surface area contributed by atoms with Crippen molar-refractivity contribution in [3.63, 3.8) is 0 Å². The molecule has 3 heteroatoms. The van der Waals surface area contributed by atoms with Crippen LogP contribution >= 0.6 is 0 Å². The molecule has 0 fully saturated rings. The van der Waals surface area contributed by atoms with Crippen molar-refractivity contribution < 1.29 is 0 Å². The first-order valence-corrected chi connectivity index (χ1v) is 7.71. The van der Waals surface area contributed by atoms with Gasteiger partial charge in [0.1, 0.15) is 0 Å². The van der Waals surface area contributed by atoms with Crippen molar-refractivity contribution in [3.8, 4) is 0 Å². The minimum atomic E-state index is 0.0524. The molecule has 0 saturated heterocycles. The highest BCUT2D eigenvalue weighted by Crippen LogP contribution is 2.16. The average Bonchev–Trinajstić information content (AvgIpc) is 2.53. The molecule has 0 bridgehead atoms. The summed E-state index contributed by atoms with van der Waals surface area (Å²) in [5.41, 5.74) is 2.70. The molecule has 0 saturated carbocycles. The Kier molecular flexibility index (Phi) is 5.76. The van der Waals surface area contributed by atoms with E-state index < -0.39 is 0 Å². The molecule has 1 N–H and O–H groups in total. The second kappa shape index (κ2) is 7.79. The summed E-state index contributed by atoms with van der Waals surface area (Å²) in [6.45, 7) is 6.15. The smallest absolute Gasteiger partial charge is 0.181 e. The van der Waals surface area contributed by atoms with Gasteiger partial charge in [0.2, 0.25) is 0 Å². The summed E-state index contributed by atoms with van der Waals surface area (Å²) in [6, 6.07) is 12.3. The van der Waals surface area contributed by atoms with Crippen LogP contribution in [0.5, 0.6) is 0 Å². The molecular weight excluding hydrogens is 260 g/mol. The van der Waals surface area contributed by atoms with Crippen LogP contribution in [0.15, 0.2) is 53.6 Å². The van der Waals surface area contributed by atoms with Gasteiger partial charge in [-0.1, -0.05) is 38.1 Å². The minimum absolute atomic E-state index is 0.0524. The number of rotatable bonds is 7. The lowest BCUT2D eigenvalue weighted by molar-refractivity contribution is 0.461. The van der Waals surface area contributed by atoms with Crippen LogP contribution in [0.1, 0.15) is 37.4 Å². The fourth-order valence-electron chi connectivity index (χ4n) is 2.37. The summed E-state index contributed by atoms with van der Waals surface area (Å²) in [5.74, 6) is 0. The Bertz CT molecular complexity index is 581. The van der Waals surface area contributed by atoms with Crippen LogP contribution in [0.3, 0.4) is 0 Å². The molecule has 112 valence electrons. The average molecular weight is 284 g/mol. The van der Waals surface area contributed by atoms with E-state index in [0.717, 1.165) is 25.9 Å². The van der Waals surface area contributed by atoms with Gasteiger partial charge in [-0.15, -0.1) is 0 Å². The van der Waals surface area contributed by atoms with Gasteiger partial charge >= 0.3 is 0 Å². The predicted molar refractivity (Wildman–Crippen MR) is 87.6 cm³/mol. The van der Waals surface area contributed by atoms with Gasteiger partial charge in [0.05, 0.1) is 6.04 Å². The molecule has 0 amide bonds. The van der Waals surface area contributed by atoms with Crippen molar-refractivity contribution >= 4 is 0 Å². The molecule has 1 aromatic carbocycles. The van der Waals surface area contributed by atoms with Gasteiger partial charge in [-0.2, -0.15) is 0 Å². The Hall–Kier alpha value is -1.87. The number of hydrogen-bond acceptors (Lipinski definition) is 2. The summed E-state index contributed by atoms with van der Waals surface area (Å²) >= 11 is 0. The predicted octanol–water partition coefficient (Wildman–Crippen LogP) is 3.15. The number of benzene rings is 1. The fourth-order valence-corrected chi connectivity index (χ4v) is 2.37. The lowest BCUT2D eigenvalue weighted by Crippen LogP contribution is -2.26. The normalized spacial score (nSPS) is 12.3. The summed E-state index contributed by atoms with van der Waals surface area (Å²) in [6.07, 6.45) is 5.87. The van der Waals surface area contributed by atoms with Crippen molar-refractivity contribution in [2.24, 2.45) is 0 Å². The SMILES string of the molecule is CCCNC(Cn1ccc(=O)cc1)c1ccc(CC)cc1. The van der Waals surface area contributed by atoms with E-state index >= 15 is 0 Å². The summed E-state index contributed by atoms with van der Waals surface area (Å²) in [5, 5.41) is 3.59. The van der Waals surface area contributed by atoms with Crippen molar-refractivity contribution in [1.82, 2.24) is 9.88 Å². The number of nitrogens with zero attached hydrogens (tertiary/aromatic N) is 1. The number of pyridine rings is 1. The third-order valence-corrected chi connectivity index (χ3v) is 3.69. The zero-order chi connectivity index (χ0) is 15.1. The van der Waals surface area contributed by atoms with Gasteiger partial charge in [0.15, 0.2) is 5.43 Å². The molecule has 2 rings (SSSR count). The quantitative estimate of drug-likeness (QED) is 0.847. The molecule has 0 spiro atoms. The van der Waals surface area contributed by atoms with E-state index in [4.69, 9.17) is 0 Å².